The van der Waals surface area contributed by atoms with Crippen LogP contribution in [0.15, 0.2) is 58.1 Å². The number of halogens is 1. The molecule has 2 aromatic heterocycles. The number of imidazole rings is 1. The largest absolute Gasteiger partial charge is 0.494 e. The standard InChI is InChI=1S/C26H30FN5O3/c1-4-5-13-31-22(17-30(2)15-19-11-12-21(35-3)20(27)14-19)28-24-23(31)25(33)29-26(34)32(24)16-18-9-7-6-8-10-18/h6-12,14H,4-5,13,15-17H2,1-3H3,(H,29,33,34). The van der Waals surface area contributed by atoms with Crippen LogP contribution in [0.4, 0.5) is 4.39 Å². The first-order chi connectivity index (χ1) is 16.9. The van der Waals surface area contributed by atoms with Gasteiger partial charge in [-0.25, -0.2) is 14.2 Å². The molecule has 0 saturated heterocycles. The van der Waals surface area contributed by atoms with Crippen molar-refractivity contribution in [3.63, 3.8) is 0 Å². The topological polar surface area (TPSA) is 85.2 Å². The summed E-state index contributed by atoms with van der Waals surface area (Å²) in [6, 6.07) is 14.5. The summed E-state index contributed by atoms with van der Waals surface area (Å²) in [4.78, 5) is 34.9. The summed E-state index contributed by atoms with van der Waals surface area (Å²) < 4.78 is 22.6. The number of H-pyrrole nitrogens is 1. The van der Waals surface area contributed by atoms with Gasteiger partial charge in [0.25, 0.3) is 5.56 Å². The summed E-state index contributed by atoms with van der Waals surface area (Å²) in [5.74, 6) is 0.473. The molecular weight excluding hydrogens is 449 g/mol. The second-order valence-electron chi connectivity index (χ2n) is 8.68. The highest BCUT2D eigenvalue weighted by Gasteiger charge is 2.20. The quantitative estimate of drug-likeness (QED) is 0.376. The van der Waals surface area contributed by atoms with E-state index in [9.17, 15) is 14.0 Å². The van der Waals surface area contributed by atoms with Gasteiger partial charge in [-0.3, -0.25) is 19.2 Å². The first-order valence-electron chi connectivity index (χ1n) is 11.7. The molecule has 4 aromatic rings. The maximum absolute atomic E-state index is 14.1. The number of hydrogen-bond acceptors (Lipinski definition) is 5. The van der Waals surface area contributed by atoms with Crippen LogP contribution in [-0.4, -0.2) is 38.2 Å². The highest BCUT2D eigenvalue weighted by Crippen LogP contribution is 2.20. The highest BCUT2D eigenvalue weighted by atomic mass is 19.1. The van der Waals surface area contributed by atoms with Gasteiger partial charge in [0.2, 0.25) is 0 Å². The molecule has 184 valence electrons. The molecule has 2 aromatic carbocycles. The summed E-state index contributed by atoms with van der Waals surface area (Å²) in [5.41, 5.74) is 1.57. The van der Waals surface area contributed by atoms with Crippen LogP contribution >= 0.6 is 0 Å². The van der Waals surface area contributed by atoms with Crippen LogP contribution in [0, 0.1) is 5.82 Å². The molecule has 1 N–H and O–H groups in total. The van der Waals surface area contributed by atoms with Crippen molar-refractivity contribution in [1.82, 2.24) is 24.0 Å². The maximum Gasteiger partial charge on any atom is 0.330 e. The zero-order valence-electron chi connectivity index (χ0n) is 20.3. The minimum Gasteiger partial charge on any atom is -0.494 e. The Morgan fingerprint density at radius 3 is 2.51 bits per heavy atom. The van der Waals surface area contributed by atoms with Gasteiger partial charge in [-0.05, 0) is 36.7 Å². The summed E-state index contributed by atoms with van der Waals surface area (Å²) in [7, 11) is 3.34. The number of aromatic nitrogens is 4. The Balaban J connectivity index is 1.71. The fourth-order valence-electron chi connectivity index (χ4n) is 4.23. The van der Waals surface area contributed by atoms with Gasteiger partial charge >= 0.3 is 5.69 Å². The van der Waals surface area contributed by atoms with Crippen LogP contribution in [0.5, 0.6) is 5.75 Å². The number of fused-ring (bicyclic) bond motifs is 1. The molecule has 35 heavy (non-hydrogen) atoms. The number of nitrogens with zero attached hydrogens (tertiary/aromatic N) is 4. The molecule has 0 saturated carbocycles. The fourth-order valence-corrected chi connectivity index (χ4v) is 4.23. The number of methoxy groups -OCH3 is 1. The number of unbranched alkanes of at least 4 members (excludes halogenated alkanes) is 1. The average Bonchev–Trinajstić information content (AvgIpc) is 3.19. The van der Waals surface area contributed by atoms with Crippen molar-refractivity contribution in [2.45, 2.75) is 45.9 Å². The minimum atomic E-state index is -0.486. The molecule has 0 unspecified atom stereocenters. The van der Waals surface area contributed by atoms with E-state index >= 15 is 0 Å². The maximum atomic E-state index is 14.1. The molecule has 0 bridgehead atoms. The molecule has 9 heteroatoms. The predicted octanol–water partition coefficient (Wildman–Crippen LogP) is 3.51. The Hall–Kier alpha value is -3.72. The van der Waals surface area contributed by atoms with Gasteiger partial charge in [0.1, 0.15) is 5.82 Å². The molecule has 0 amide bonds. The third kappa shape index (κ3) is 5.35. The first-order valence-corrected chi connectivity index (χ1v) is 11.7. The van der Waals surface area contributed by atoms with Crippen LogP contribution in [0.3, 0.4) is 0 Å². The van der Waals surface area contributed by atoms with E-state index in [0.717, 1.165) is 24.0 Å². The van der Waals surface area contributed by atoms with Gasteiger partial charge in [0.05, 0.1) is 20.2 Å². The van der Waals surface area contributed by atoms with E-state index in [4.69, 9.17) is 9.72 Å². The summed E-state index contributed by atoms with van der Waals surface area (Å²) in [5, 5.41) is 0. The van der Waals surface area contributed by atoms with Gasteiger partial charge in [0.15, 0.2) is 22.7 Å². The summed E-state index contributed by atoms with van der Waals surface area (Å²) in [6.07, 6.45) is 1.81. The molecule has 2 heterocycles. The zero-order chi connectivity index (χ0) is 24.9. The molecule has 0 aliphatic rings. The van der Waals surface area contributed by atoms with Crippen molar-refractivity contribution in [2.24, 2.45) is 0 Å². The van der Waals surface area contributed by atoms with E-state index in [1.54, 1.807) is 6.07 Å². The van der Waals surface area contributed by atoms with E-state index in [0.29, 0.717) is 43.2 Å². The van der Waals surface area contributed by atoms with E-state index in [-0.39, 0.29) is 5.75 Å². The smallest absolute Gasteiger partial charge is 0.330 e. The van der Waals surface area contributed by atoms with Crippen molar-refractivity contribution < 1.29 is 9.13 Å². The monoisotopic (exact) mass is 479 g/mol. The number of nitrogens with one attached hydrogen (secondary N) is 1. The van der Waals surface area contributed by atoms with Crippen molar-refractivity contribution in [2.75, 3.05) is 14.2 Å². The van der Waals surface area contributed by atoms with Gasteiger partial charge in [0, 0.05) is 13.1 Å². The molecule has 0 spiro atoms. The Morgan fingerprint density at radius 2 is 1.83 bits per heavy atom. The highest BCUT2D eigenvalue weighted by molar-refractivity contribution is 5.71. The molecule has 0 fully saturated rings. The van der Waals surface area contributed by atoms with E-state index in [2.05, 4.69) is 11.9 Å². The Morgan fingerprint density at radius 1 is 1.06 bits per heavy atom. The molecule has 0 aliphatic heterocycles. The number of benzene rings is 2. The molecule has 0 radical (unpaired) electrons. The Labute approximate surface area is 202 Å². The van der Waals surface area contributed by atoms with Crippen LogP contribution in [0.1, 0.15) is 36.7 Å². The molecule has 0 atom stereocenters. The number of hydrogen-bond donors (Lipinski definition) is 1. The fraction of sp³-hybridized carbons (Fsp3) is 0.346. The SMILES string of the molecule is CCCCn1c(CN(C)Cc2ccc(OC)c(F)c2)nc2c1c(=O)[nH]c(=O)n2Cc1ccccc1. The van der Waals surface area contributed by atoms with Crippen LogP contribution in [0.25, 0.3) is 11.2 Å². The third-order valence-electron chi connectivity index (χ3n) is 5.96. The molecule has 8 nitrogen and oxygen atoms in total. The van der Waals surface area contributed by atoms with Crippen molar-refractivity contribution in [3.05, 3.63) is 92.1 Å². The van der Waals surface area contributed by atoms with E-state index in [1.807, 2.05) is 52.9 Å². The van der Waals surface area contributed by atoms with Gasteiger partial charge in [-0.2, -0.15) is 0 Å². The number of aromatic amines is 1. The molecule has 4 rings (SSSR count). The summed E-state index contributed by atoms with van der Waals surface area (Å²) >= 11 is 0. The molecule has 0 aliphatic carbocycles. The number of rotatable bonds is 10. The van der Waals surface area contributed by atoms with Crippen LogP contribution in [-0.2, 0) is 26.2 Å². The van der Waals surface area contributed by atoms with Gasteiger partial charge in [-0.15, -0.1) is 0 Å². The van der Waals surface area contributed by atoms with Crippen LogP contribution < -0.4 is 16.0 Å². The second kappa shape index (κ2) is 10.7. The first kappa shape index (κ1) is 24.4. The van der Waals surface area contributed by atoms with Gasteiger partial charge in [-0.1, -0.05) is 49.7 Å². The minimum absolute atomic E-state index is 0.202. The van der Waals surface area contributed by atoms with Crippen molar-refractivity contribution in [3.8, 4) is 5.75 Å². The second-order valence-corrected chi connectivity index (χ2v) is 8.68. The predicted molar refractivity (Wildman–Crippen MR) is 133 cm³/mol. The third-order valence-corrected chi connectivity index (χ3v) is 5.96. The van der Waals surface area contributed by atoms with Gasteiger partial charge < -0.3 is 9.30 Å². The van der Waals surface area contributed by atoms with E-state index < -0.39 is 17.1 Å². The lowest BCUT2D eigenvalue weighted by molar-refractivity contribution is 0.304. The Bertz CT molecular complexity index is 1420. The van der Waals surface area contributed by atoms with Crippen molar-refractivity contribution >= 4 is 11.2 Å². The molecular formula is C26H30FN5O3. The lowest BCUT2D eigenvalue weighted by Crippen LogP contribution is -2.31. The number of ether oxygens (including phenoxy) is 1. The average molecular weight is 480 g/mol. The van der Waals surface area contributed by atoms with Crippen LogP contribution in [0.2, 0.25) is 0 Å². The lowest BCUT2D eigenvalue weighted by atomic mass is 10.2. The van der Waals surface area contributed by atoms with Crippen molar-refractivity contribution in [1.29, 1.82) is 0 Å². The lowest BCUT2D eigenvalue weighted by Gasteiger charge is -2.18. The Kier molecular flexibility index (Phi) is 7.45. The normalized spacial score (nSPS) is 11.5. The summed E-state index contributed by atoms with van der Waals surface area (Å²) in [6.45, 7) is 3.90. The van der Waals surface area contributed by atoms with E-state index in [1.165, 1.54) is 17.7 Å². The zero-order valence-corrected chi connectivity index (χ0v) is 20.3. The number of aryl methyl sites for hydroxylation is 1.